The van der Waals surface area contributed by atoms with Crippen LogP contribution in [0.2, 0.25) is 0 Å². The molecule has 0 amide bonds. The maximum atomic E-state index is 5.60. The minimum absolute atomic E-state index is 0.487. The summed E-state index contributed by atoms with van der Waals surface area (Å²) < 4.78 is 0. The van der Waals surface area contributed by atoms with Gasteiger partial charge in [-0.25, -0.2) is 9.97 Å². The maximum Gasteiger partial charge on any atom is 0.138 e. The highest BCUT2D eigenvalue weighted by Gasteiger charge is 1.95. The van der Waals surface area contributed by atoms with Gasteiger partial charge in [0.25, 0.3) is 0 Å². The number of aromatic nitrogens is 2. The largest absolute Gasteiger partial charge is 0.240 e. The van der Waals surface area contributed by atoms with Crippen LogP contribution in [0.5, 0.6) is 0 Å². The molecule has 2 nitrogen and oxygen atoms in total. The van der Waals surface area contributed by atoms with Crippen LogP contribution in [0, 0.1) is 0 Å². The fourth-order valence-electron chi connectivity index (χ4n) is 0.718. The summed E-state index contributed by atoms with van der Waals surface area (Å²) in [6.07, 6.45) is 3.57. The summed E-state index contributed by atoms with van der Waals surface area (Å²) in [6.45, 7) is 2.12. The first-order valence-electron chi connectivity index (χ1n) is 3.80. The highest BCUT2D eigenvalue weighted by molar-refractivity contribution is 7.98. The second kappa shape index (κ2) is 5.38. The minimum Gasteiger partial charge on any atom is -0.240 e. The normalized spacial score (nSPS) is 10.2. The molecule has 0 fully saturated rings. The third-order valence-electron chi connectivity index (χ3n) is 1.35. The van der Waals surface area contributed by atoms with Crippen LogP contribution in [0.4, 0.5) is 0 Å². The lowest BCUT2D eigenvalue weighted by molar-refractivity contribution is 1.01. The van der Waals surface area contributed by atoms with E-state index in [-0.39, 0.29) is 0 Å². The van der Waals surface area contributed by atoms with E-state index in [2.05, 4.69) is 16.9 Å². The van der Waals surface area contributed by atoms with Gasteiger partial charge in [0.05, 0.1) is 11.6 Å². The lowest BCUT2D eigenvalue weighted by Gasteiger charge is -1.98. The van der Waals surface area contributed by atoms with Crippen molar-refractivity contribution in [1.29, 1.82) is 0 Å². The van der Waals surface area contributed by atoms with Gasteiger partial charge in [0, 0.05) is 18.0 Å². The summed E-state index contributed by atoms with van der Waals surface area (Å²) in [7, 11) is 0. The van der Waals surface area contributed by atoms with E-state index in [1.54, 1.807) is 12.4 Å². The van der Waals surface area contributed by atoms with Crippen LogP contribution >= 0.6 is 23.4 Å². The van der Waals surface area contributed by atoms with E-state index >= 15 is 0 Å². The maximum absolute atomic E-state index is 5.60. The molecule has 1 heterocycles. The third-order valence-corrected chi connectivity index (χ3v) is 2.53. The molecule has 0 saturated heterocycles. The van der Waals surface area contributed by atoms with Gasteiger partial charge in [-0.05, 0) is 5.75 Å². The lowest BCUT2D eigenvalue weighted by Crippen LogP contribution is -1.93. The van der Waals surface area contributed by atoms with E-state index in [0.29, 0.717) is 5.88 Å². The number of hydrogen-bond donors (Lipinski definition) is 0. The first-order valence-corrected chi connectivity index (χ1v) is 5.49. The standard InChI is InChI=1S/C8H11ClN2S/c1-2-12-6-8-10-4-7(3-9)5-11-8/h4-5H,2-3,6H2,1H3. The second-order valence-electron chi connectivity index (χ2n) is 2.28. The third kappa shape index (κ3) is 2.99. The van der Waals surface area contributed by atoms with E-state index < -0.39 is 0 Å². The fraction of sp³-hybridized carbons (Fsp3) is 0.500. The molecule has 1 aromatic rings. The van der Waals surface area contributed by atoms with Crippen LogP contribution in [-0.4, -0.2) is 15.7 Å². The molecule has 0 aliphatic heterocycles. The van der Waals surface area contributed by atoms with Gasteiger partial charge >= 0.3 is 0 Å². The highest BCUT2D eigenvalue weighted by atomic mass is 35.5. The van der Waals surface area contributed by atoms with Crippen molar-refractivity contribution in [3.8, 4) is 0 Å². The Morgan fingerprint density at radius 2 is 2.08 bits per heavy atom. The molecule has 0 aliphatic carbocycles. The Bertz CT molecular complexity index is 225. The molecule has 0 N–H and O–H groups in total. The number of rotatable bonds is 4. The van der Waals surface area contributed by atoms with Crippen molar-refractivity contribution in [3.05, 3.63) is 23.8 Å². The highest BCUT2D eigenvalue weighted by Crippen LogP contribution is 2.07. The number of hydrogen-bond acceptors (Lipinski definition) is 3. The molecule has 1 rings (SSSR count). The molecular weight excluding hydrogens is 192 g/mol. The number of thioether (sulfide) groups is 1. The summed E-state index contributed by atoms with van der Waals surface area (Å²) >= 11 is 7.42. The van der Waals surface area contributed by atoms with Crippen molar-refractivity contribution in [2.24, 2.45) is 0 Å². The molecular formula is C8H11ClN2S. The monoisotopic (exact) mass is 202 g/mol. The number of halogens is 1. The van der Waals surface area contributed by atoms with Gasteiger partial charge in [-0.15, -0.1) is 11.6 Å². The Morgan fingerprint density at radius 3 is 2.58 bits per heavy atom. The quantitative estimate of drug-likeness (QED) is 0.702. The van der Waals surface area contributed by atoms with Gasteiger partial charge in [-0.1, -0.05) is 6.92 Å². The number of nitrogens with zero attached hydrogens (tertiary/aromatic N) is 2. The predicted molar refractivity (Wildman–Crippen MR) is 53.4 cm³/mol. The van der Waals surface area contributed by atoms with Crippen LogP contribution in [-0.2, 0) is 11.6 Å². The summed E-state index contributed by atoms with van der Waals surface area (Å²) in [5.41, 5.74) is 0.974. The van der Waals surface area contributed by atoms with Crippen LogP contribution in [0.3, 0.4) is 0 Å². The first-order chi connectivity index (χ1) is 5.86. The van der Waals surface area contributed by atoms with Crippen LogP contribution in [0.1, 0.15) is 18.3 Å². The molecule has 12 heavy (non-hydrogen) atoms. The Balaban J connectivity index is 2.53. The zero-order valence-corrected chi connectivity index (χ0v) is 8.53. The van der Waals surface area contributed by atoms with E-state index in [1.807, 2.05) is 11.8 Å². The molecule has 0 spiro atoms. The molecule has 0 aliphatic rings. The van der Waals surface area contributed by atoms with Crippen molar-refractivity contribution in [2.75, 3.05) is 5.75 Å². The molecule has 0 unspecified atom stereocenters. The molecule has 0 radical (unpaired) electrons. The summed E-state index contributed by atoms with van der Waals surface area (Å²) in [5, 5.41) is 0. The molecule has 0 atom stereocenters. The van der Waals surface area contributed by atoms with Gasteiger partial charge in [-0.2, -0.15) is 11.8 Å². The summed E-state index contributed by atoms with van der Waals surface area (Å²) in [4.78, 5) is 8.34. The summed E-state index contributed by atoms with van der Waals surface area (Å²) in [6, 6.07) is 0. The van der Waals surface area contributed by atoms with Gasteiger partial charge in [0.15, 0.2) is 0 Å². The Labute approximate surface area is 81.8 Å². The van der Waals surface area contributed by atoms with E-state index in [4.69, 9.17) is 11.6 Å². The Kier molecular flexibility index (Phi) is 4.40. The van der Waals surface area contributed by atoms with Gasteiger partial charge in [0.1, 0.15) is 5.82 Å². The molecule has 4 heteroatoms. The SMILES string of the molecule is CCSCc1ncc(CCl)cn1. The smallest absolute Gasteiger partial charge is 0.138 e. The Hall–Kier alpha value is -0.280. The first kappa shape index (κ1) is 9.81. The van der Waals surface area contributed by atoms with Crippen LogP contribution in [0.15, 0.2) is 12.4 Å². The van der Waals surface area contributed by atoms with E-state index in [0.717, 1.165) is 22.9 Å². The van der Waals surface area contributed by atoms with E-state index in [1.165, 1.54) is 0 Å². The summed E-state index contributed by atoms with van der Waals surface area (Å²) in [5.74, 6) is 3.36. The second-order valence-corrected chi connectivity index (χ2v) is 3.82. The number of alkyl halides is 1. The molecule has 0 aromatic carbocycles. The minimum atomic E-state index is 0.487. The molecule has 0 bridgehead atoms. The molecule has 0 saturated carbocycles. The average molecular weight is 203 g/mol. The molecule has 1 aromatic heterocycles. The predicted octanol–water partition coefficient (Wildman–Crippen LogP) is 2.47. The Morgan fingerprint density at radius 1 is 1.42 bits per heavy atom. The zero-order chi connectivity index (χ0) is 8.81. The van der Waals surface area contributed by atoms with Crippen molar-refractivity contribution in [1.82, 2.24) is 9.97 Å². The van der Waals surface area contributed by atoms with Crippen molar-refractivity contribution in [2.45, 2.75) is 18.6 Å². The fourth-order valence-corrected chi connectivity index (χ4v) is 1.39. The van der Waals surface area contributed by atoms with Gasteiger partial charge in [0.2, 0.25) is 0 Å². The van der Waals surface area contributed by atoms with E-state index in [9.17, 15) is 0 Å². The molecule has 66 valence electrons. The van der Waals surface area contributed by atoms with Gasteiger partial charge < -0.3 is 0 Å². The van der Waals surface area contributed by atoms with Crippen LogP contribution < -0.4 is 0 Å². The van der Waals surface area contributed by atoms with Crippen molar-refractivity contribution in [3.63, 3.8) is 0 Å². The van der Waals surface area contributed by atoms with Crippen LogP contribution in [0.25, 0.3) is 0 Å². The van der Waals surface area contributed by atoms with Crippen molar-refractivity contribution >= 4 is 23.4 Å². The zero-order valence-electron chi connectivity index (χ0n) is 6.96. The average Bonchev–Trinajstić information content (AvgIpc) is 2.15. The topological polar surface area (TPSA) is 25.8 Å². The van der Waals surface area contributed by atoms with Gasteiger partial charge in [-0.3, -0.25) is 0 Å². The lowest BCUT2D eigenvalue weighted by atomic mass is 10.4. The van der Waals surface area contributed by atoms with Crippen molar-refractivity contribution < 1.29 is 0 Å².